The topological polar surface area (TPSA) is 7.76 Å². The van der Waals surface area contributed by atoms with Crippen molar-refractivity contribution < 1.29 is 9.13 Å². The Balaban J connectivity index is 1.50. The van der Waals surface area contributed by atoms with Gasteiger partial charge in [-0.2, -0.15) is 0 Å². The van der Waals surface area contributed by atoms with Crippen LogP contribution in [0.5, 0.6) is 0 Å². The second kappa shape index (κ2) is 11.9. The summed E-state index contributed by atoms with van der Waals surface area (Å²) < 4.78 is 4.59. The van der Waals surface area contributed by atoms with E-state index >= 15 is 0 Å². The normalized spacial score (nSPS) is 10.1. The van der Waals surface area contributed by atoms with Crippen molar-refractivity contribution in [3.63, 3.8) is 0 Å². The summed E-state index contributed by atoms with van der Waals surface area (Å²) in [5.74, 6) is 13.4. The number of aromatic nitrogens is 2. The maximum absolute atomic E-state index is 3.34. The molecule has 0 saturated carbocycles. The molecular weight excluding hydrogens is 388 g/mol. The van der Waals surface area contributed by atoms with E-state index in [-0.39, 0.29) is 0 Å². The first-order chi connectivity index (χ1) is 15.5. The van der Waals surface area contributed by atoms with Gasteiger partial charge in [-0.1, -0.05) is 35.8 Å². The third-order valence-corrected chi connectivity index (χ3v) is 5.59. The molecule has 3 aromatic rings. The summed E-state index contributed by atoms with van der Waals surface area (Å²) in [7, 11) is 0. The van der Waals surface area contributed by atoms with Crippen molar-refractivity contribution in [1.29, 1.82) is 0 Å². The molecule has 2 heterocycles. The van der Waals surface area contributed by atoms with Crippen molar-refractivity contribution >= 4 is 0 Å². The minimum atomic E-state index is 0.884. The zero-order valence-electron chi connectivity index (χ0n) is 19.9. The van der Waals surface area contributed by atoms with Gasteiger partial charge in [0, 0.05) is 74.9 Å². The lowest BCUT2D eigenvalue weighted by atomic mass is 10.1. The van der Waals surface area contributed by atoms with E-state index in [1.165, 1.54) is 22.5 Å². The highest BCUT2D eigenvalue weighted by Gasteiger charge is 2.05. The fraction of sp³-hybridized carbons (Fsp3) is 0.333. The van der Waals surface area contributed by atoms with Crippen LogP contribution in [0.25, 0.3) is 0 Å². The van der Waals surface area contributed by atoms with Crippen LogP contribution < -0.4 is 9.13 Å². The maximum Gasteiger partial charge on any atom is 0.178 e. The third-order valence-electron chi connectivity index (χ3n) is 5.59. The Labute approximate surface area is 194 Å². The molecule has 0 saturated heterocycles. The highest BCUT2D eigenvalue weighted by molar-refractivity contribution is 5.49. The number of nitrogens with zero attached hydrogens (tertiary/aromatic N) is 2. The van der Waals surface area contributed by atoms with Crippen molar-refractivity contribution in [2.24, 2.45) is 0 Å². The summed E-state index contributed by atoms with van der Waals surface area (Å²) in [6, 6.07) is 17.0. The Morgan fingerprint density at radius 3 is 1.47 bits per heavy atom. The molecule has 0 spiro atoms. The van der Waals surface area contributed by atoms with E-state index < -0.39 is 0 Å². The van der Waals surface area contributed by atoms with E-state index in [1.807, 2.05) is 12.1 Å². The van der Waals surface area contributed by atoms with Crippen molar-refractivity contribution in [3.8, 4) is 23.7 Å². The molecule has 0 bridgehead atoms. The zero-order valence-corrected chi connectivity index (χ0v) is 19.9. The number of hydrogen-bond acceptors (Lipinski definition) is 0. The van der Waals surface area contributed by atoms with E-state index in [0.717, 1.165) is 49.9 Å². The highest BCUT2D eigenvalue weighted by Crippen LogP contribution is 2.06. The van der Waals surface area contributed by atoms with E-state index in [1.54, 1.807) is 0 Å². The SMILES string of the molecule is Cc1cc[n+](CCCC#Cc2ccccc2C#CCCC[n+]2ccc(C)cc2C)c(C)c1. The summed E-state index contributed by atoms with van der Waals surface area (Å²) in [6.07, 6.45) is 8.20. The fourth-order valence-electron chi connectivity index (χ4n) is 3.77. The van der Waals surface area contributed by atoms with Gasteiger partial charge in [0.25, 0.3) is 0 Å². The second-order valence-electron chi connectivity index (χ2n) is 8.43. The molecule has 0 aliphatic heterocycles. The third kappa shape index (κ3) is 7.11. The van der Waals surface area contributed by atoms with Crippen LogP contribution in [0.3, 0.4) is 0 Å². The molecule has 1 aromatic carbocycles. The molecule has 162 valence electrons. The summed E-state index contributed by atoms with van der Waals surface area (Å²) in [5, 5.41) is 0. The van der Waals surface area contributed by atoms with E-state index in [9.17, 15) is 0 Å². The molecule has 0 unspecified atom stereocenters. The molecule has 2 heteroatoms. The number of benzene rings is 1. The van der Waals surface area contributed by atoms with E-state index in [0.29, 0.717) is 0 Å². The minimum Gasteiger partial charge on any atom is -0.203 e. The predicted molar refractivity (Wildman–Crippen MR) is 131 cm³/mol. The van der Waals surface area contributed by atoms with Crippen LogP contribution in [0, 0.1) is 51.4 Å². The van der Waals surface area contributed by atoms with Gasteiger partial charge in [0.1, 0.15) is 13.1 Å². The molecule has 0 aliphatic carbocycles. The van der Waals surface area contributed by atoms with Gasteiger partial charge in [0.2, 0.25) is 0 Å². The van der Waals surface area contributed by atoms with Gasteiger partial charge in [-0.25, -0.2) is 9.13 Å². The van der Waals surface area contributed by atoms with Gasteiger partial charge in [-0.3, -0.25) is 0 Å². The van der Waals surface area contributed by atoms with Crippen molar-refractivity contribution in [3.05, 3.63) is 94.6 Å². The minimum absolute atomic E-state index is 0.884. The highest BCUT2D eigenvalue weighted by atomic mass is 14.9. The Kier molecular flexibility index (Phi) is 8.65. The van der Waals surface area contributed by atoms with Gasteiger partial charge in [-0.15, -0.1) is 0 Å². The summed E-state index contributed by atoms with van der Waals surface area (Å²) in [5.41, 5.74) is 7.27. The molecule has 3 rings (SSSR count). The fourth-order valence-corrected chi connectivity index (χ4v) is 3.77. The number of hydrogen-bond donors (Lipinski definition) is 0. The lowest BCUT2D eigenvalue weighted by Gasteiger charge is -2.00. The molecule has 0 amide bonds. The lowest BCUT2D eigenvalue weighted by Crippen LogP contribution is -2.36. The van der Waals surface area contributed by atoms with Crippen LogP contribution in [-0.4, -0.2) is 0 Å². The van der Waals surface area contributed by atoms with Gasteiger partial charge >= 0.3 is 0 Å². The van der Waals surface area contributed by atoms with Crippen LogP contribution >= 0.6 is 0 Å². The van der Waals surface area contributed by atoms with Crippen LogP contribution in [0.2, 0.25) is 0 Å². The number of pyridine rings is 2. The largest absolute Gasteiger partial charge is 0.203 e. The molecular formula is C30H34N2+2. The predicted octanol–water partition coefficient (Wildman–Crippen LogP) is 5.16. The quantitative estimate of drug-likeness (QED) is 0.295. The standard InChI is InChI=1S/C30H34N2/c1-25-17-21-31(27(3)23-25)19-11-5-7-13-29-15-9-10-16-30(29)14-8-6-12-20-32-22-18-26(2)24-28(32)4/h9-10,15-18,21-24H,5-6,11-12,19-20H2,1-4H3/q+2. The average molecular weight is 423 g/mol. The van der Waals surface area contributed by atoms with Crippen LogP contribution in [-0.2, 0) is 13.1 Å². The molecule has 2 nitrogen and oxygen atoms in total. The van der Waals surface area contributed by atoms with Crippen molar-refractivity contribution in [1.82, 2.24) is 0 Å². The first-order valence-electron chi connectivity index (χ1n) is 11.5. The van der Waals surface area contributed by atoms with E-state index in [4.69, 9.17) is 0 Å². The summed E-state index contributed by atoms with van der Waals surface area (Å²) >= 11 is 0. The van der Waals surface area contributed by atoms with Gasteiger partial charge in [0.15, 0.2) is 23.8 Å². The molecule has 32 heavy (non-hydrogen) atoms. The van der Waals surface area contributed by atoms with Crippen LogP contribution in [0.4, 0.5) is 0 Å². The molecule has 0 N–H and O–H groups in total. The molecule has 0 aliphatic rings. The zero-order chi connectivity index (χ0) is 22.8. The van der Waals surface area contributed by atoms with Crippen LogP contribution in [0.15, 0.2) is 60.9 Å². The first kappa shape index (κ1) is 23.3. The second-order valence-corrected chi connectivity index (χ2v) is 8.43. The number of unbranched alkanes of at least 4 members (excludes halogenated alkanes) is 2. The smallest absolute Gasteiger partial charge is 0.178 e. The van der Waals surface area contributed by atoms with E-state index in [2.05, 4.69) is 109 Å². The Bertz CT molecular complexity index is 1090. The summed E-state index contributed by atoms with van der Waals surface area (Å²) in [6.45, 7) is 10.6. The monoisotopic (exact) mass is 422 g/mol. The first-order valence-corrected chi connectivity index (χ1v) is 11.5. The van der Waals surface area contributed by atoms with Gasteiger partial charge in [0.05, 0.1) is 0 Å². The maximum atomic E-state index is 3.34. The molecule has 2 aromatic heterocycles. The summed E-state index contributed by atoms with van der Waals surface area (Å²) in [4.78, 5) is 0. The molecule has 0 radical (unpaired) electrons. The number of rotatable bonds is 6. The Morgan fingerprint density at radius 2 is 1.06 bits per heavy atom. The average Bonchev–Trinajstić information content (AvgIpc) is 2.77. The lowest BCUT2D eigenvalue weighted by molar-refractivity contribution is -0.703. The van der Waals surface area contributed by atoms with Crippen molar-refractivity contribution in [2.75, 3.05) is 0 Å². The van der Waals surface area contributed by atoms with Crippen molar-refractivity contribution in [2.45, 2.75) is 66.5 Å². The van der Waals surface area contributed by atoms with Gasteiger partial charge < -0.3 is 0 Å². The molecule has 0 atom stereocenters. The Morgan fingerprint density at radius 1 is 0.625 bits per heavy atom. The van der Waals surface area contributed by atoms with Gasteiger partial charge in [-0.05, 0) is 37.1 Å². The Hall–Kier alpha value is -3.36. The van der Waals surface area contributed by atoms with Crippen LogP contribution in [0.1, 0.15) is 59.3 Å². The number of aryl methyl sites for hydroxylation is 6. The molecule has 0 fully saturated rings.